The molecule has 1 spiro atoms. The second-order valence-electron chi connectivity index (χ2n) is 7.78. The number of carbonyl (C=O) groups excluding carboxylic acids is 1. The van der Waals surface area contributed by atoms with Crippen molar-refractivity contribution in [2.75, 3.05) is 0 Å². The summed E-state index contributed by atoms with van der Waals surface area (Å²) in [4.78, 5) is 37.7. The van der Waals surface area contributed by atoms with Crippen LogP contribution < -0.4 is 11.2 Å². The molecule has 0 aromatic carbocycles. The molecule has 2 aliphatic carbocycles. The summed E-state index contributed by atoms with van der Waals surface area (Å²) in [7, 11) is 0. The highest BCUT2D eigenvalue weighted by atomic mass is 32.1. The van der Waals surface area contributed by atoms with Crippen LogP contribution in [0.1, 0.15) is 59.8 Å². The number of rotatable bonds is 4. The lowest BCUT2D eigenvalue weighted by atomic mass is 9.54. The molecule has 2 heterocycles. The first-order chi connectivity index (χ1) is 12.7. The average molecular weight is 400 g/mol. The minimum Gasteiger partial charge on any atom is -0.297 e. The van der Waals surface area contributed by atoms with E-state index in [2.05, 4.69) is 0 Å². The van der Waals surface area contributed by atoms with Gasteiger partial charge in [0.15, 0.2) is 6.29 Å². The van der Waals surface area contributed by atoms with Crippen molar-refractivity contribution in [3.8, 4) is 0 Å². The molecule has 5 nitrogen and oxygen atoms in total. The Morgan fingerprint density at radius 3 is 2.44 bits per heavy atom. The molecule has 0 aliphatic heterocycles. The van der Waals surface area contributed by atoms with Gasteiger partial charge >= 0.3 is 11.9 Å². The number of thiophene rings is 1. The Morgan fingerprint density at radius 1 is 1.26 bits per heavy atom. The zero-order chi connectivity index (χ0) is 19.6. The standard InChI is InChI=1S/C18H19F3N2O3S/c1-10-12(9-24)27-15-13(10)14(25)23(11-7-17(8-11)3-2-4-17)16(26)22(15)6-5-18(19,20)21/h9,11H,2-8H2,1H3. The maximum absolute atomic E-state index is 13.0. The van der Waals surface area contributed by atoms with E-state index >= 15 is 0 Å². The second-order valence-corrected chi connectivity index (χ2v) is 8.81. The van der Waals surface area contributed by atoms with E-state index in [4.69, 9.17) is 0 Å². The van der Waals surface area contributed by atoms with Crippen LogP contribution in [0, 0.1) is 12.3 Å². The van der Waals surface area contributed by atoms with Gasteiger partial charge in [-0.05, 0) is 43.6 Å². The van der Waals surface area contributed by atoms with Crippen LogP contribution in [0.15, 0.2) is 9.59 Å². The van der Waals surface area contributed by atoms with E-state index in [0.717, 1.165) is 52.6 Å². The van der Waals surface area contributed by atoms with Crippen molar-refractivity contribution in [1.82, 2.24) is 9.13 Å². The first-order valence-electron chi connectivity index (χ1n) is 8.96. The summed E-state index contributed by atoms with van der Waals surface area (Å²) in [5, 5.41) is 0.193. The van der Waals surface area contributed by atoms with Gasteiger partial charge in [-0.1, -0.05) is 6.42 Å². The summed E-state index contributed by atoms with van der Waals surface area (Å²) >= 11 is 0.905. The highest BCUT2D eigenvalue weighted by Gasteiger charge is 2.49. The predicted octanol–water partition coefficient (Wildman–Crippen LogP) is 3.80. The topological polar surface area (TPSA) is 61.1 Å². The third-order valence-corrected chi connectivity index (χ3v) is 7.36. The van der Waals surface area contributed by atoms with Crippen molar-refractivity contribution in [2.45, 2.75) is 64.2 Å². The molecule has 27 heavy (non-hydrogen) atoms. The van der Waals surface area contributed by atoms with E-state index < -0.39 is 30.4 Å². The molecular weight excluding hydrogens is 381 g/mol. The lowest BCUT2D eigenvalue weighted by Crippen LogP contribution is -2.51. The fourth-order valence-electron chi connectivity index (χ4n) is 4.46. The predicted molar refractivity (Wildman–Crippen MR) is 95.7 cm³/mol. The number of aryl methyl sites for hydroxylation is 2. The van der Waals surface area contributed by atoms with Crippen LogP contribution in [0.4, 0.5) is 13.2 Å². The summed E-state index contributed by atoms with van der Waals surface area (Å²) in [5.41, 5.74) is -0.545. The van der Waals surface area contributed by atoms with E-state index in [9.17, 15) is 27.6 Å². The number of nitrogens with zero attached hydrogens (tertiary/aromatic N) is 2. The Bertz CT molecular complexity index is 1040. The number of hydrogen-bond acceptors (Lipinski definition) is 4. The molecule has 0 atom stereocenters. The van der Waals surface area contributed by atoms with Gasteiger partial charge in [-0.2, -0.15) is 13.2 Å². The fourth-order valence-corrected chi connectivity index (χ4v) is 5.59. The number of halogens is 3. The molecule has 4 rings (SSSR count). The van der Waals surface area contributed by atoms with Crippen LogP contribution in [-0.4, -0.2) is 21.6 Å². The van der Waals surface area contributed by atoms with Gasteiger partial charge in [0.1, 0.15) is 4.83 Å². The number of aldehydes is 1. The molecule has 2 aromatic heterocycles. The number of carbonyl (C=O) groups is 1. The van der Waals surface area contributed by atoms with Crippen molar-refractivity contribution in [3.63, 3.8) is 0 Å². The molecule has 9 heteroatoms. The molecule has 0 N–H and O–H groups in total. The lowest BCUT2D eigenvalue weighted by molar-refractivity contribution is -0.136. The second kappa shape index (κ2) is 6.05. The summed E-state index contributed by atoms with van der Waals surface area (Å²) < 4.78 is 40.4. The highest BCUT2D eigenvalue weighted by molar-refractivity contribution is 7.20. The van der Waals surface area contributed by atoms with E-state index in [1.165, 1.54) is 0 Å². The Hall–Kier alpha value is -1.90. The Balaban J connectivity index is 1.87. The third kappa shape index (κ3) is 2.86. The monoisotopic (exact) mass is 400 g/mol. The first kappa shape index (κ1) is 18.5. The molecule has 0 bridgehead atoms. The van der Waals surface area contributed by atoms with E-state index in [1.807, 2.05) is 0 Å². The van der Waals surface area contributed by atoms with Gasteiger partial charge in [-0.15, -0.1) is 11.3 Å². The van der Waals surface area contributed by atoms with Crippen LogP contribution in [0.2, 0.25) is 0 Å². The van der Waals surface area contributed by atoms with Crippen molar-refractivity contribution in [1.29, 1.82) is 0 Å². The maximum atomic E-state index is 13.0. The van der Waals surface area contributed by atoms with Crippen LogP contribution in [-0.2, 0) is 6.54 Å². The zero-order valence-corrected chi connectivity index (χ0v) is 15.6. The molecule has 2 fully saturated rings. The smallest absolute Gasteiger partial charge is 0.297 e. The van der Waals surface area contributed by atoms with E-state index in [-0.39, 0.29) is 26.6 Å². The molecule has 0 unspecified atom stereocenters. The van der Waals surface area contributed by atoms with Gasteiger partial charge in [0.25, 0.3) is 5.56 Å². The lowest BCUT2D eigenvalue weighted by Gasteiger charge is -2.54. The van der Waals surface area contributed by atoms with Crippen LogP contribution in [0.25, 0.3) is 10.2 Å². The van der Waals surface area contributed by atoms with Gasteiger partial charge in [-0.25, -0.2) is 4.79 Å². The number of aromatic nitrogens is 2. The molecule has 2 aromatic rings. The molecule has 0 radical (unpaired) electrons. The van der Waals surface area contributed by atoms with Gasteiger partial charge in [-0.3, -0.25) is 18.7 Å². The molecular formula is C18H19F3N2O3S. The van der Waals surface area contributed by atoms with Crippen molar-refractivity contribution in [3.05, 3.63) is 31.3 Å². The molecule has 0 amide bonds. The van der Waals surface area contributed by atoms with Crippen molar-refractivity contribution >= 4 is 27.8 Å². The maximum Gasteiger partial charge on any atom is 0.390 e. The first-order valence-corrected chi connectivity index (χ1v) is 9.78. The summed E-state index contributed by atoms with van der Waals surface area (Å²) in [6, 6.07) is -0.272. The van der Waals surface area contributed by atoms with Crippen molar-refractivity contribution < 1.29 is 18.0 Å². The van der Waals surface area contributed by atoms with E-state index in [0.29, 0.717) is 11.8 Å². The highest BCUT2D eigenvalue weighted by Crippen LogP contribution is 2.59. The van der Waals surface area contributed by atoms with Gasteiger partial charge in [0.2, 0.25) is 0 Å². The largest absolute Gasteiger partial charge is 0.390 e. The van der Waals surface area contributed by atoms with Crippen LogP contribution in [0.5, 0.6) is 0 Å². The van der Waals surface area contributed by atoms with Gasteiger partial charge < -0.3 is 0 Å². The Kier molecular flexibility index (Phi) is 4.14. The number of alkyl halides is 3. The number of fused-ring (bicyclic) bond motifs is 1. The Morgan fingerprint density at radius 2 is 1.93 bits per heavy atom. The average Bonchev–Trinajstić information content (AvgIpc) is 2.83. The molecule has 2 saturated carbocycles. The SMILES string of the molecule is Cc1c(C=O)sc2c1c(=O)n(C1CC3(CCC3)C1)c(=O)n2CCC(F)(F)F. The third-order valence-electron chi connectivity index (χ3n) is 6.12. The minimum atomic E-state index is -4.42. The van der Waals surface area contributed by atoms with Crippen LogP contribution in [0.3, 0.4) is 0 Å². The fraction of sp³-hybridized carbons (Fsp3) is 0.611. The Labute approximate surface area is 156 Å². The molecule has 0 saturated heterocycles. The van der Waals surface area contributed by atoms with Crippen LogP contribution >= 0.6 is 11.3 Å². The normalized spacial score (nSPS) is 19.3. The number of hydrogen-bond donors (Lipinski definition) is 0. The minimum absolute atomic E-state index is 0.155. The quantitative estimate of drug-likeness (QED) is 0.734. The molecule has 2 aliphatic rings. The summed E-state index contributed by atoms with van der Waals surface area (Å²) in [6.07, 6.45) is -0.266. The van der Waals surface area contributed by atoms with Gasteiger partial charge in [0.05, 0.1) is 16.7 Å². The zero-order valence-electron chi connectivity index (χ0n) is 14.8. The van der Waals surface area contributed by atoms with E-state index in [1.54, 1.807) is 6.92 Å². The summed E-state index contributed by atoms with van der Waals surface area (Å²) in [6.45, 7) is 1.04. The molecule has 146 valence electrons. The summed E-state index contributed by atoms with van der Waals surface area (Å²) in [5.74, 6) is 0. The van der Waals surface area contributed by atoms with Crippen molar-refractivity contribution in [2.24, 2.45) is 5.41 Å². The van der Waals surface area contributed by atoms with Gasteiger partial charge in [0, 0.05) is 12.6 Å².